The summed E-state index contributed by atoms with van der Waals surface area (Å²) in [6.07, 6.45) is -0.188. The van der Waals surface area contributed by atoms with Gasteiger partial charge in [-0.05, 0) is 31.7 Å². The van der Waals surface area contributed by atoms with Gasteiger partial charge in [0.1, 0.15) is 0 Å². The van der Waals surface area contributed by atoms with Crippen molar-refractivity contribution in [1.82, 2.24) is 9.97 Å². The van der Waals surface area contributed by atoms with Crippen molar-refractivity contribution in [1.29, 1.82) is 0 Å². The second-order valence-corrected chi connectivity index (χ2v) is 7.57. The van der Waals surface area contributed by atoms with Crippen LogP contribution in [0.1, 0.15) is 25.7 Å². The van der Waals surface area contributed by atoms with Crippen LogP contribution in [0.3, 0.4) is 0 Å². The Kier molecular flexibility index (Phi) is 4.05. The maximum atomic E-state index is 13.0. The van der Waals surface area contributed by atoms with E-state index in [1.54, 1.807) is 17.2 Å². The highest BCUT2D eigenvalue weighted by Crippen LogP contribution is 2.39. The lowest BCUT2D eigenvalue weighted by molar-refractivity contribution is -0.176. The number of aromatic nitrogens is 2. The standard InChI is InChI=1S/C16H17F3N4OS/c17-16(18,19)10-2-1-7-23(8-10)15-21-11-5-6-20-13(12(11)25-15)22-14(24)9-3-4-9/h5-6,9-10H,1-4,7-8H2,(H,20,22,24). The minimum absolute atomic E-state index is 0.0509. The molecule has 3 heterocycles. The molecule has 0 bridgehead atoms. The van der Waals surface area contributed by atoms with E-state index >= 15 is 0 Å². The third-order valence-corrected chi connectivity index (χ3v) is 5.78. The molecule has 2 fully saturated rings. The second-order valence-electron chi connectivity index (χ2n) is 6.59. The maximum Gasteiger partial charge on any atom is 0.393 e. The van der Waals surface area contributed by atoms with Crippen LogP contribution < -0.4 is 10.2 Å². The van der Waals surface area contributed by atoms with Crippen LogP contribution in [0.15, 0.2) is 12.3 Å². The fraction of sp³-hybridized carbons (Fsp3) is 0.562. The first kappa shape index (κ1) is 16.6. The van der Waals surface area contributed by atoms with Gasteiger partial charge in [0.05, 0.1) is 16.1 Å². The summed E-state index contributed by atoms with van der Waals surface area (Å²) in [4.78, 5) is 22.3. The number of anilines is 2. The fourth-order valence-corrected chi connectivity index (χ4v) is 4.09. The third kappa shape index (κ3) is 3.42. The van der Waals surface area contributed by atoms with E-state index in [-0.39, 0.29) is 24.8 Å². The predicted octanol–water partition coefficient (Wildman–Crippen LogP) is 3.82. The Balaban J connectivity index is 1.59. The highest BCUT2D eigenvalue weighted by Gasteiger charge is 2.42. The molecule has 2 aromatic heterocycles. The van der Waals surface area contributed by atoms with Gasteiger partial charge in [-0.15, -0.1) is 0 Å². The quantitative estimate of drug-likeness (QED) is 0.892. The van der Waals surface area contributed by atoms with Crippen LogP contribution in [0.5, 0.6) is 0 Å². The van der Waals surface area contributed by atoms with Crippen molar-refractivity contribution in [2.24, 2.45) is 11.8 Å². The molecule has 25 heavy (non-hydrogen) atoms. The number of alkyl halides is 3. The average Bonchev–Trinajstić information content (AvgIpc) is 3.33. The molecule has 2 aromatic rings. The van der Waals surface area contributed by atoms with Gasteiger partial charge >= 0.3 is 6.18 Å². The molecule has 1 saturated heterocycles. The number of thiazole rings is 1. The van der Waals surface area contributed by atoms with Gasteiger partial charge in [0.15, 0.2) is 10.9 Å². The lowest BCUT2D eigenvalue weighted by Gasteiger charge is -2.33. The van der Waals surface area contributed by atoms with E-state index in [2.05, 4.69) is 15.3 Å². The van der Waals surface area contributed by atoms with E-state index in [0.717, 1.165) is 12.8 Å². The Hall–Kier alpha value is -1.90. The zero-order valence-corrected chi connectivity index (χ0v) is 14.2. The smallest absolute Gasteiger partial charge is 0.347 e. The average molecular weight is 370 g/mol. The normalized spacial score (nSPS) is 21.6. The monoisotopic (exact) mass is 370 g/mol. The number of carbonyl (C=O) groups excluding carboxylic acids is 1. The number of hydrogen-bond donors (Lipinski definition) is 1. The van der Waals surface area contributed by atoms with Crippen molar-refractivity contribution in [3.8, 4) is 0 Å². The van der Waals surface area contributed by atoms with Crippen molar-refractivity contribution in [2.75, 3.05) is 23.3 Å². The van der Waals surface area contributed by atoms with Crippen LogP contribution in [-0.2, 0) is 4.79 Å². The van der Waals surface area contributed by atoms with Gasteiger partial charge in [-0.1, -0.05) is 11.3 Å². The van der Waals surface area contributed by atoms with Gasteiger partial charge in [-0.25, -0.2) is 9.97 Å². The first-order chi connectivity index (χ1) is 11.9. The molecular formula is C16H17F3N4OS. The van der Waals surface area contributed by atoms with E-state index < -0.39 is 12.1 Å². The third-order valence-electron chi connectivity index (χ3n) is 4.64. The Morgan fingerprint density at radius 2 is 2.12 bits per heavy atom. The van der Waals surface area contributed by atoms with Crippen molar-refractivity contribution in [2.45, 2.75) is 31.9 Å². The maximum absolute atomic E-state index is 13.0. The minimum atomic E-state index is -4.18. The van der Waals surface area contributed by atoms with Gasteiger partial charge in [0.25, 0.3) is 0 Å². The number of nitrogens with zero attached hydrogens (tertiary/aromatic N) is 3. The molecule has 5 nitrogen and oxygen atoms in total. The number of carbonyl (C=O) groups is 1. The van der Waals surface area contributed by atoms with E-state index in [1.165, 1.54) is 11.3 Å². The number of rotatable bonds is 3. The van der Waals surface area contributed by atoms with Crippen LogP contribution >= 0.6 is 11.3 Å². The van der Waals surface area contributed by atoms with E-state index in [0.29, 0.717) is 34.1 Å². The molecule has 134 valence electrons. The molecule has 9 heteroatoms. The summed E-state index contributed by atoms with van der Waals surface area (Å²) >= 11 is 1.29. The highest BCUT2D eigenvalue weighted by atomic mass is 32.1. The summed E-state index contributed by atoms with van der Waals surface area (Å²) in [5.41, 5.74) is 0.648. The van der Waals surface area contributed by atoms with Crippen LogP contribution in [0.25, 0.3) is 10.2 Å². The van der Waals surface area contributed by atoms with Crippen LogP contribution in [0.4, 0.5) is 24.1 Å². The Bertz CT molecular complexity index is 802. The second kappa shape index (κ2) is 6.12. The van der Waals surface area contributed by atoms with Crippen molar-refractivity contribution in [3.05, 3.63) is 12.3 Å². The van der Waals surface area contributed by atoms with E-state index in [4.69, 9.17) is 0 Å². The molecule has 4 rings (SSSR count). The lowest BCUT2D eigenvalue weighted by Crippen LogP contribution is -2.41. The highest BCUT2D eigenvalue weighted by molar-refractivity contribution is 7.22. The number of hydrogen-bond acceptors (Lipinski definition) is 5. The largest absolute Gasteiger partial charge is 0.393 e. The molecule has 1 unspecified atom stereocenters. The first-order valence-corrected chi connectivity index (χ1v) is 9.11. The molecular weight excluding hydrogens is 353 g/mol. The Morgan fingerprint density at radius 3 is 2.84 bits per heavy atom. The zero-order valence-electron chi connectivity index (χ0n) is 13.3. The van der Waals surface area contributed by atoms with Crippen LogP contribution in [-0.4, -0.2) is 35.1 Å². The molecule has 0 radical (unpaired) electrons. The van der Waals surface area contributed by atoms with Crippen molar-refractivity contribution >= 4 is 38.4 Å². The van der Waals surface area contributed by atoms with Gasteiger partial charge < -0.3 is 10.2 Å². The molecule has 1 N–H and O–H groups in total. The van der Waals surface area contributed by atoms with Crippen molar-refractivity contribution < 1.29 is 18.0 Å². The van der Waals surface area contributed by atoms with Crippen LogP contribution in [0, 0.1) is 11.8 Å². The minimum Gasteiger partial charge on any atom is -0.347 e. The molecule has 1 saturated carbocycles. The Morgan fingerprint density at radius 1 is 1.32 bits per heavy atom. The summed E-state index contributed by atoms with van der Waals surface area (Å²) in [6, 6.07) is 1.72. The molecule has 1 atom stereocenters. The topological polar surface area (TPSA) is 58.1 Å². The van der Waals surface area contributed by atoms with Gasteiger partial charge in [0, 0.05) is 25.2 Å². The summed E-state index contributed by atoms with van der Waals surface area (Å²) in [5, 5.41) is 3.37. The van der Waals surface area contributed by atoms with Crippen molar-refractivity contribution in [3.63, 3.8) is 0 Å². The molecule has 1 aliphatic carbocycles. The van der Waals surface area contributed by atoms with Crippen LogP contribution in [0.2, 0.25) is 0 Å². The number of nitrogens with one attached hydrogen (secondary N) is 1. The number of pyridine rings is 1. The molecule has 1 amide bonds. The zero-order chi connectivity index (χ0) is 17.6. The van der Waals surface area contributed by atoms with E-state index in [1.807, 2.05) is 0 Å². The predicted molar refractivity (Wildman–Crippen MR) is 89.8 cm³/mol. The van der Waals surface area contributed by atoms with E-state index in [9.17, 15) is 18.0 Å². The van der Waals surface area contributed by atoms with Gasteiger partial charge in [-0.2, -0.15) is 13.2 Å². The lowest BCUT2D eigenvalue weighted by atomic mass is 9.98. The molecule has 0 aromatic carbocycles. The Labute approximate surface area is 146 Å². The summed E-state index contributed by atoms with van der Waals surface area (Å²) in [6.45, 7) is 0.490. The number of fused-ring (bicyclic) bond motifs is 1. The molecule has 0 spiro atoms. The summed E-state index contributed by atoms with van der Waals surface area (Å²) < 4.78 is 39.8. The molecule has 2 aliphatic rings. The number of halogens is 3. The summed E-state index contributed by atoms with van der Waals surface area (Å²) in [7, 11) is 0. The summed E-state index contributed by atoms with van der Waals surface area (Å²) in [5.74, 6) is -0.868. The SMILES string of the molecule is O=C(Nc1nccc2nc(N3CCCC(C(F)(F)F)C3)sc12)C1CC1. The first-order valence-electron chi connectivity index (χ1n) is 8.30. The molecule has 1 aliphatic heterocycles. The number of piperidine rings is 1. The number of amides is 1. The van der Waals surface area contributed by atoms with Gasteiger partial charge in [0.2, 0.25) is 5.91 Å². The fourth-order valence-electron chi connectivity index (χ4n) is 3.05. The van der Waals surface area contributed by atoms with Gasteiger partial charge in [-0.3, -0.25) is 4.79 Å².